The summed E-state index contributed by atoms with van der Waals surface area (Å²) in [7, 11) is 2.08. The Morgan fingerprint density at radius 3 is 2.33 bits per heavy atom. The minimum absolute atomic E-state index is 0.220. The minimum Gasteiger partial charge on any atom is -0.377 e. The van der Waals surface area contributed by atoms with E-state index in [0.29, 0.717) is 0 Å². The van der Waals surface area contributed by atoms with Crippen LogP contribution in [0.3, 0.4) is 0 Å². The lowest BCUT2D eigenvalue weighted by Crippen LogP contribution is -2.29. The Balaban J connectivity index is 4.18. The second kappa shape index (κ2) is 4.80. The van der Waals surface area contributed by atoms with Gasteiger partial charge < -0.3 is 4.90 Å². The predicted molar refractivity (Wildman–Crippen MR) is 59.7 cm³/mol. The molecule has 0 aromatic carbocycles. The minimum atomic E-state index is 0.220. The van der Waals surface area contributed by atoms with Crippen molar-refractivity contribution in [2.75, 3.05) is 19.3 Å². The standard InChI is InChI=1S/C10H21NS/c1-6-10(3,4)9(2)11(5)7-8-12/h12H,2,6-8H2,1,3-5H3. The molecule has 0 spiro atoms. The van der Waals surface area contributed by atoms with E-state index in [1.165, 1.54) is 5.70 Å². The molecular formula is C10H21NS. The fraction of sp³-hybridized carbons (Fsp3) is 0.800. The molecule has 0 radical (unpaired) electrons. The maximum atomic E-state index is 4.20. The Bertz CT molecular complexity index is 152. The van der Waals surface area contributed by atoms with Crippen molar-refractivity contribution in [1.29, 1.82) is 0 Å². The largest absolute Gasteiger partial charge is 0.377 e. The summed E-state index contributed by atoms with van der Waals surface area (Å²) >= 11 is 4.20. The van der Waals surface area contributed by atoms with Crippen molar-refractivity contribution in [2.24, 2.45) is 5.41 Å². The Morgan fingerprint density at radius 1 is 1.50 bits per heavy atom. The maximum Gasteiger partial charge on any atom is 0.0260 e. The van der Waals surface area contributed by atoms with Gasteiger partial charge in [0.15, 0.2) is 0 Å². The molecular weight excluding hydrogens is 166 g/mol. The van der Waals surface area contributed by atoms with E-state index in [1.54, 1.807) is 0 Å². The van der Waals surface area contributed by atoms with E-state index in [2.05, 4.69) is 51.9 Å². The third kappa shape index (κ3) is 3.10. The van der Waals surface area contributed by atoms with Crippen LogP contribution in [0.5, 0.6) is 0 Å². The Hall–Kier alpha value is -0.110. The molecule has 0 aliphatic carbocycles. The Labute approximate surface area is 82.2 Å². The predicted octanol–water partition coefficient (Wildman–Crippen LogP) is 2.80. The highest BCUT2D eigenvalue weighted by molar-refractivity contribution is 7.80. The molecule has 0 saturated heterocycles. The number of nitrogens with zero attached hydrogens (tertiary/aromatic N) is 1. The van der Waals surface area contributed by atoms with Crippen LogP contribution < -0.4 is 0 Å². The number of hydrogen-bond acceptors (Lipinski definition) is 2. The van der Waals surface area contributed by atoms with Gasteiger partial charge in [-0.25, -0.2) is 0 Å². The molecule has 0 heterocycles. The lowest BCUT2D eigenvalue weighted by atomic mass is 9.86. The first-order chi connectivity index (χ1) is 5.45. The number of hydrogen-bond donors (Lipinski definition) is 1. The van der Waals surface area contributed by atoms with E-state index in [9.17, 15) is 0 Å². The highest BCUT2D eigenvalue weighted by atomic mass is 32.1. The molecule has 0 rings (SSSR count). The quantitative estimate of drug-likeness (QED) is 0.648. The van der Waals surface area contributed by atoms with E-state index < -0.39 is 0 Å². The molecule has 0 atom stereocenters. The van der Waals surface area contributed by atoms with Gasteiger partial charge in [-0.05, 0) is 6.42 Å². The molecule has 0 fully saturated rings. The number of allylic oxidation sites excluding steroid dienone is 1. The average Bonchev–Trinajstić information content (AvgIpc) is 2.03. The summed E-state index contributed by atoms with van der Waals surface area (Å²) in [5, 5.41) is 0. The molecule has 0 aromatic heterocycles. The van der Waals surface area contributed by atoms with Crippen LogP contribution in [0.1, 0.15) is 27.2 Å². The molecule has 0 N–H and O–H groups in total. The van der Waals surface area contributed by atoms with Gasteiger partial charge in [-0.15, -0.1) is 0 Å². The summed E-state index contributed by atoms with van der Waals surface area (Å²) in [5.41, 5.74) is 1.43. The van der Waals surface area contributed by atoms with E-state index in [-0.39, 0.29) is 5.41 Å². The first-order valence-electron chi connectivity index (χ1n) is 4.47. The second-order valence-electron chi connectivity index (χ2n) is 3.83. The lowest BCUT2D eigenvalue weighted by molar-refractivity contribution is 0.296. The number of thiol groups is 1. The first-order valence-corrected chi connectivity index (χ1v) is 5.10. The van der Waals surface area contributed by atoms with Gasteiger partial charge in [0.05, 0.1) is 0 Å². The van der Waals surface area contributed by atoms with Gasteiger partial charge in [-0.1, -0.05) is 27.4 Å². The van der Waals surface area contributed by atoms with Crippen molar-refractivity contribution < 1.29 is 0 Å². The van der Waals surface area contributed by atoms with Crippen molar-refractivity contribution >= 4 is 12.6 Å². The van der Waals surface area contributed by atoms with E-state index in [4.69, 9.17) is 0 Å². The molecule has 0 aliphatic rings. The molecule has 0 saturated carbocycles. The van der Waals surface area contributed by atoms with Gasteiger partial charge in [0, 0.05) is 30.5 Å². The smallest absolute Gasteiger partial charge is 0.0260 e. The zero-order chi connectivity index (χ0) is 9.78. The zero-order valence-electron chi connectivity index (χ0n) is 8.72. The van der Waals surface area contributed by atoms with Crippen LogP contribution in [0.25, 0.3) is 0 Å². The Morgan fingerprint density at radius 2 is 2.00 bits per heavy atom. The second-order valence-corrected chi connectivity index (χ2v) is 4.28. The first kappa shape index (κ1) is 11.9. The Kier molecular flexibility index (Phi) is 4.76. The summed E-state index contributed by atoms with van der Waals surface area (Å²) in [6.45, 7) is 11.7. The van der Waals surface area contributed by atoms with Crippen molar-refractivity contribution in [2.45, 2.75) is 27.2 Å². The van der Waals surface area contributed by atoms with Crippen LogP contribution >= 0.6 is 12.6 Å². The highest BCUT2D eigenvalue weighted by Gasteiger charge is 2.21. The van der Waals surface area contributed by atoms with Crippen LogP contribution in [0.15, 0.2) is 12.3 Å². The van der Waals surface area contributed by atoms with E-state index in [1.807, 2.05) is 0 Å². The summed E-state index contributed by atoms with van der Waals surface area (Å²) in [4.78, 5) is 2.19. The molecule has 72 valence electrons. The summed E-state index contributed by atoms with van der Waals surface area (Å²) in [6, 6.07) is 0. The van der Waals surface area contributed by atoms with Crippen LogP contribution in [0.2, 0.25) is 0 Å². The molecule has 0 unspecified atom stereocenters. The molecule has 0 bridgehead atoms. The van der Waals surface area contributed by atoms with Crippen LogP contribution in [0.4, 0.5) is 0 Å². The molecule has 0 aromatic rings. The third-order valence-corrected chi connectivity index (χ3v) is 2.76. The highest BCUT2D eigenvalue weighted by Crippen LogP contribution is 2.30. The van der Waals surface area contributed by atoms with Crippen molar-refractivity contribution in [3.8, 4) is 0 Å². The van der Waals surface area contributed by atoms with Gasteiger partial charge >= 0.3 is 0 Å². The van der Waals surface area contributed by atoms with Crippen molar-refractivity contribution in [3.05, 3.63) is 12.3 Å². The molecule has 2 heteroatoms. The van der Waals surface area contributed by atoms with Gasteiger partial charge in [-0.2, -0.15) is 12.6 Å². The fourth-order valence-corrected chi connectivity index (χ4v) is 1.31. The number of rotatable bonds is 5. The maximum absolute atomic E-state index is 4.20. The third-order valence-electron chi connectivity index (χ3n) is 2.56. The lowest BCUT2D eigenvalue weighted by Gasteiger charge is -2.33. The van der Waals surface area contributed by atoms with Gasteiger partial charge in [0.2, 0.25) is 0 Å². The molecule has 1 nitrogen and oxygen atoms in total. The van der Waals surface area contributed by atoms with Crippen LogP contribution in [0, 0.1) is 5.41 Å². The van der Waals surface area contributed by atoms with Gasteiger partial charge in [-0.3, -0.25) is 0 Å². The average molecular weight is 187 g/mol. The van der Waals surface area contributed by atoms with Gasteiger partial charge in [0.1, 0.15) is 0 Å². The van der Waals surface area contributed by atoms with Gasteiger partial charge in [0.25, 0.3) is 0 Å². The summed E-state index contributed by atoms with van der Waals surface area (Å²) in [5.74, 6) is 0.884. The normalized spacial score (nSPS) is 11.4. The van der Waals surface area contributed by atoms with Crippen LogP contribution in [-0.4, -0.2) is 24.2 Å². The summed E-state index contributed by atoms with van der Waals surface area (Å²) < 4.78 is 0. The van der Waals surface area contributed by atoms with Crippen molar-refractivity contribution in [3.63, 3.8) is 0 Å². The molecule has 12 heavy (non-hydrogen) atoms. The fourth-order valence-electron chi connectivity index (χ4n) is 1.01. The monoisotopic (exact) mass is 187 g/mol. The zero-order valence-corrected chi connectivity index (χ0v) is 9.62. The summed E-state index contributed by atoms with van der Waals surface area (Å²) in [6.07, 6.45) is 1.13. The van der Waals surface area contributed by atoms with Crippen molar-refractivity contribution in [1.82, 2.24) is 4.90 Å². The van der Waals surface area contributed by atoms with Crippen LogP contribution in [-0.2, 0) is 0 Å². The SMILES string of the molecule is C=C(N(C)CCS)C(C)(C)CC. The van der Waals surface area contributed by atoms with E-state index >= 15 is 0 Å². The molecule has 0 aliphatic heterocycles. The molecule has 0 amide bonds. The van der Waals surface area contributed by atoms with E-state index in [0.717, 1.165) is 18.7 Å². The topological polar surface area (TPSA) is 3.24 Å².